The van der Waals surface area contributed by atoms with Crippen molar-refractivity contribution in [3.8, 4) is 0 Å². The molecule has 6 nitrogen and oxygen atoms in total. The van der Waals surface area contributed by atoms with Crippen LogP contribution in [0.4, 0.5) is 5.82 Å². The van der Waals surface area contributed by atoms with E-state index in [0.717, 1.165) is 18.5 Å². The fraction of sp³-hybridized carbons (Fsp3) is 0.600. The number of nitro groups is 1. The average Bonchev–Trinajstić information content (AvgIpc) is 2.66. The van der Waals surface area contributed by atoms with Crippen LogP contribution in [0.5, 0.6) is 0 Å². The van der Waals surface area contributed by atoms with E-state index in [-0.39, 0.29) is 11.7 Å². The largest absolute Gasteiger partial charge is 0.385 e. The summed E-state index contributed by atoms with van der Waals surface area (Å²) >= 11 is 0. The predicted molar refractivity (Wildman–Crippen MR) is 56.1 cm³/mol. The van der Waals surface area contributed by atoms with Gasteiger partial charge in [0.2, 0.25) is 5.82 Å². The maximum atomic E-state index is 10.8. The lowest BCUT2D eigenvalue weighted by atomic mass is 9.97. The Hall–Kier alpha value is -1.72. The molecule has 1 aliphatic rings. The third kappa shape index (κ3) is 1.60. The number of aromatic nitrogens is 2. The number of aldehydes is 1. The van der Waals surface area contributed by atoms with Crippen LogP contribution in [-0.2, 0) is 24.2 Å². The minimum Gasteiger partial charge on any atom is -0.358 e. The van der Waals surface area contributed by atoms with Gasteiger partial charge in [-0.2, -0.15) is 0 Å². The van der Waals surface area contributed by atoms with E-state index < -0.39 is 4.92 Å². The summed E-state index contributed by atoms with van der Waals surface area (Å²) in [5.74, 6) is 0.557. The van der Waals surface area contributed by atoms with E-state index in [1.807, 2.05) is 11.5 Å². The molecule has 16 heavy (non-hydrogen) atoms. The third-order valence-corrected chi connectivity index (χ3v) is 2.99. The number of fused-ring (bicyclic) bond motifs is 1. The van der Waals surface area contributed by atoms with Gasteiger partial charge in [0.15, 0.2) is 0 Å². The summed E-state index contributed by atoms with van der Waals surface area (Å²) < 4.78 is 1.89. The van der Waals surface area contributed by atoms with Gasteiger partial charge < -0.3 is 19.5 Å². The summed E-state index contributed by atoms with van der Waals surface area (Å²) in [5, 5.41) is 10.8. The molecule has 0 saturated carbocycles. The zero-order chi connectivity index (χ0) is 11.7. The molecule has 1 aromatic heterocycles. The van der Waals surface area contributed by atoms with Crippen molar-refractivity contribution in [3.05, 3.63) is 21.6 Å². The Bertz CT molecular complexity index is 439. The van der Waals surface area contributed by atoms with Gasteiger partial charge in [0.1, 0.15) is 12.0 Å². The van der Waals surface area contributed by atoms with Gasteiger partial charge >= 0.3 is 5.82 Å². The Morgan fingerprint density at radius 1 is 1.69 bits per heavy atom. The van der Waals surface area contributed by atoms with Gasteiger partial charge in [0.05, 0.1) is 0 Å². The van der Waals surface area contributed by atoms with E-state index in [1.165, 1.54) is 0 Å². The molecule has 0 N–H and O–H groups in total. The lowest BCUT2D eigenvalue weighted by molar-refractivity contribution is -0.390. The highest BCUT2D eigenvalue weighted by Gasteiger charge is 2.31. The first-order chi connectivity index (χ1) is 7.67. The Balaban J connectivity index is 2.46. The number of rotatable bonds is 3. The maximum absolute atomic E-state index is 10.8. The number of carbonyl (C=O) groups is 1. The topological polar surface area (TPSA) is 78.0 Å². The van der Waals surface area contributed by atoms with E-state index in [1.54, 1.807) is 0 Å². The van der Waals surface area contributed by atoms with E-state index >= 15 is 0 Å². The van der Waals surface area contributed by atoms with Crippen LogP contribution in [0.25, 0.3) is 0 Å². The molecule has 2 rings (SSSR count). The van der Waals surface area contributed by atoms with Crippen molar-refractivity contribution in [1.82, 2.24) is 9.55 Å². The maximum Gasteiger partial charge on any atom is 0.385 e. The van der Waals surface area contributed by atoms with Crippen molar-refractivity contribution in [2.24, 2.45) is 5.92 Å². The van der Waals surface area contributed by atoms with Crippen molar-refractivity contribution in [2.45, 2.75) is 32.7 Å². The minimum absolute atomic E-state index is 0.0802. The van der Waals surface area contributed by atoms with Crippen LogP contribution in [0.3, 0.4) is 0 Å². The van der Waals surface area contributed by atoms with E-state index in [4.69, 9.17) is 0 Å². The van der Waals surface area contributed by atoms with E-state index in [9.17, 15) is 14.9 Å². The Labute approximate surface area is 92.4 Å². The number of hydrogen-bond donors (Lipinski definition) is 0. The van der Waals surface area contributed by atoms with E-state index in [0.29, 0.717) is 25.1 Å². The monoisotopic (exact) mass is 223 g/mol. The molecule has 1 atom stereocenters. The van der Waals surface area contributed by atoms with Gasteiger partial charge in [0, 0.05) is 25.3 Å². The molecule has 1 aliphatic heterocycles. The Morgan fingerprint density at radius 2 is 2.44 bits per heavy atom. The van der Waals surface area contributed by atoms with Crippen LogP contribution >= 0.6 is 0 Å². The lowest BCUT2D eigenvalue weighted by Crippen LogP contribution is -2.21. The molecule has 6 heteroatoms. The summed E-state index contributed by atoms with van der Waals surface area (Å²) in [6, 6.07) is 0. The van der Waals surface area contributed by atoms with Crippen LogP contribution in [0.15, 0.2) is 0 Å². The predicted octanol–water partition coefficient (Wildman–Crippen LogP) is 1.11. The standard InChI is InChI=1S/C10H13N3O3/c1-2-9-11-10(13(15)16)8-5-7(6-14)3-4-12(8)9/h6-7H,2-5H2,1H3. The fourth-order valence-electron chi connectivity index (χ4n) is 2.17. The van der Waals surface area contributed by atoms with Crippen molar-refractivity contribution >= 4 is 12.1 Å². The van der Waals surface area contributed by atoms with Crippen LogP contribution in [0.2, 0.25) is 0 Å². The summed E-state index contributed by atoms with van der Waals surface area (Å²) in [7, 11) is 0. The highest BCUT2D eigenvalue weighted by atomic mass is 16.6. The molecule has 2 heterocycles. The molecule has 86 valence electrons. The highest BCUT2D eigenvalue weighted by molar-refractivity contribution is 5.55. The molecule has 0 radical (unpaired) electrons. The Morgan fingerprint density at radius 3 is 3.00 bits per heavy atom. The average molecular weight is 223 g/mol. The van der Waals surface area contributed by atoms with Gasteiger partial charge in [-0.3, -0.25) is 0 Å². The molecule has 0 aliphatic carbocycles. The molecular weight excluding hydrogens is 210 g/mol. The molecular formula is C10H13N3O3. The number of hydrogen-bond acceptors (Lipinski definition) is 4. The molecule has 0 bridgehead atoms. The van der Waals surface area contributed by atoms with Gasteiger partial charge in [0.25, 0.3) is 0 Å². The van der Waals surface area contributed by atoms with Crippen molar-refractivity contribution in [2.75, 3.05) is 0 Å². The summed E-state index contributed by atoms with van der Waals surface area (Å²) in [6.07, 6.45) is 2.74. The molecule has 1 unspecified atom stereocenters. The second-order valence-corrected chi connectivity index (χ2v) is 3.95. The lowest BCUT2D eigenvalue weighted by Gasteiger charge is -2.18. The van der Waals surface area contributed by atoms with Crippen molar-refractivity contribution in [3.63, 3.8) is 0 Å². The Kier molecular flexibility index (Phi) is 2.72. The quantitative estimate of drug-likeness (QED) is 0.437. The van der Waals surface area contributed by atoms with Gasteiger partial charge in [-0.25, -0.2) is 0 Å². The number of imidazole rings is 1. The number of nitrogens with zero attached hydrogens (tertiary/aromatic N) is 3. The second-order valence-electron chi connectivity index (χ2n) is 3.95. The van der Waals surface area contributed by atoms with Gasteiger partial charge in [-0.05, 0) is 16.3 Å². The fourth-order valence-corrected chi connectivity index (χ4v) is 2.17. The number of aryl methyl sites for hydroxylation is 1. The first-order valence-electron chi connectivity index (χ1n) is 5.35. The SMILES string of the molecule is CCc1nc([N+](=O)[O-])c2n1CCC(C=O)C2. The minimum atomic E-state index is -0.460. The third-order valence-electron chi connectivity index (χ3n) is 2.99. The second kappa shape index (κ2) is 4.03. The van der Waals surface area contributed by atoms with E-state index in [2.05, 4.69) is 4.98 Å². The van der Waals surface area contributed by atoms with Gasteiger partial charge in [-0.15, -0.1) is 0 Å². The molecule has 0 saturated heterocycles. The molecule has 0 fully saturated rings. The van der Waals surface area contributed by atoms with Crippen LogP contribution in [-0.4, -0.2) is 20.8 Å². The molecule has 0 spiro atoms. The zero-order valence-electron chi connectivity index (χ0n) is 9.05. The molecule has 1 aromatic rings. The first kappa shape index (κ1) is 10.8. The summed E-state index contributed by atoms with van der Waals surface area (Å²) in [6.45, 7) is 2.58. The van der Waals surface area contributed by atoms with Crippen LogP contribution < -0.4 is 0 Å². The summed E-state index contributed by atoms with van der Waals surface area (Å²) in [5.41, 5.74) is 0.602. The zero-order valence-corrected chi connectivity index (χ0v) is 9.05. The smallest absolute Gasteiger partial charge is 0.358 e. The van der Waals surface area contributed by atoms with Crippen LogP contribution in [0.1, 0.15) is 24.9 Å². The molecule has 0 aromatic carbocycles. The normalized spacial score (nSPS) is 19.2. The van der Waals surface area contributed by atoms with Crippen molar-refractivity contribution in [1.29, 1.82) is 0 Å². The van der Waals surface area contributed by atoms with Crippen LogP contribution in [0, 0.1) is 16.0 Å². The summed E-state index contributed by atoms with van der Waals surface area (Å²) in [4.78, 5) is 25.1. The van der Waals surface area contributed by atoms with Crippen molar-refractivity contribution < 1.29 is 9.72 Å². The first-order valence-corrected chi connectivity index (χ1v) is 5.35. The highest BCUT2D eigenvalue weighted by Crippen LogP contribution is 2.28. The number of carbonyl (C=O) groups excluding carboxylic acids is 1. The van der Waals surface area contributed by atoms with Gasteiger partial charge in [-0.1, -0.05) is 6.92 Å². The molecule has 0 amide bonds.